The topological polar surface area (TPSA) is 47.1 Å². The van der Waals surface area contributed by atoms with Gasteiger partial charge in [-0.3, -0.25) is 19.4 Å². The molecule has 2 fully saturated rings. The second-order valence-electron chi connectivity index (χ2n) is 12.0. The number of carbonyl (C=O) groups is 2. The fraction of sp³-hybridized carbons (Fsp3) is 0.250. The first-order valence-electron chi connectivity index (χ1n) is 16.6. The quantitative estimate of drug-likeness (QED) is 0.154. The minimum absolute atomic E-state index is 0.0685. The summed E-state index contributed by atoms with van der Waals surface area (Å²) in [4.78, 5) is 37.9. The van der Waals surface area contributed by atoms with Crippen LogP contribution in [-0.4, -0.2) is 96.9 Å². The van der Waals surface area contributed by atoms with Crippen molar-refractivity contribution in [2.75, 3.05) is 65.4 Å². The molecular formula is C40H42N4O2S2. The Morgan fingerprint density at radius 2 is 0.833 bits per heavy atom. The van der Waals surface area contributed by atoms with Gasteiger partial charge in [0.15, 0.2) is 0 Å². The van der Waals surface area contributed by atoms with Crippen molar-refractivity contribution < 1.29 is 9.59 Å². The Kier molecular flexibility index (Phi) is 12.2. The first kappa shape index (κ1) is 33.8. The lowest BCUT2D eigenvalue weighted by Crippen LogP contribution is -2.48. The molecule has 0 aromatic heterocycles. The van der Waals surface area contributed by atoms with E-state index in [-0.39, 0.29) is 11.8 Å². The highest BCUT2D eigenvalue weighted by atomic mass is 33.1. The Labute approximate surface area is 292 Å². The van der Waals surface area contributed by atoms with Gasteiger partial charge in [0.1, 0.15) is 0 Å². The van der Waals surface area contributed by atoms with E-state index < -0.39 is 0 Å². The zero-order valence-electron chi connectivity index (χ0n) is 27.2. The highest BCUT2D eigenvalue weighted by molar-refractivity contribution is 8.76. The third-order valence-electron chi connectivity index (χ3n) is 8.72. The molecule has 4 aromatic carbocycles. The standard InChI is InChI=1S/C40H42N4O2S2/c45-39(43-29-25-41(26-30-43)23-11-17-33-13-3-1-4-14-33)35-19-7-9-21-37(35)47-48-38-22-10-8-20-36(38)40(46)44-31-27-42(28-32-44)24-12-18-34-15-5-2-6-16-34/h1-22H,23-32H2/b17-11+,18-12+. The summed E-state index contributed by atoms with van der Waals surface area (Å²) in [6.45, 7) is 7.98. The molecule has 6 nitrogen and oxygen atoms in total. The summed E-state index contributed by atoms with van der Waals surface area (Å²) in [5, 5.41) is 0. The Balaban J connectivity index is 1.00. The molecule has 0 bridgehead atoms. The molecule has 2 heterocycles. The highest BCUT2D eigenvalue weighted by Gasteiger charge is 2.26. The predicted octanol–water partition coefficient (Wildman–Crippen LogP) is 7.43. The van der Waals surface area contributed by atoms with Crippen molar-refractivity contribution in [1.29, 1.82) is 0 Å². The van der Waals surface area contributed by atoms with Crippen molar-refractivity contribution in [3.05, 3.63) is 144 Å². The van der Waals surface area contributed by atoms with Gasteiger partial charge >= 0.3 is 0 Å². The number of hydrogen-bond donors (Lipinski definition) is 0. The zero-order chi connectivity index (χ0) is 33.0. The van der Waals surface area contributed by atoms with Crippen LogP contribution in [0.3, 0.4) is 0 Å². The van der Waals surface area contributed by atoms with Crippen LogP contribution in [0.2, 0.25) is 0 Å². The maximum absolute atomic E-state index is 13.7. The van der Waals surface area contributed by atoms with Crippen molar-refractivity contribution in [1.82, 2.24) is 19.6 Å². The Morgan fingerprint density at radius 3 is 1.23 bits per heavy atom. The van der Waals surface area contributed by atoms with Crippen molar-refractivity contribution in [2.45, 2.75) is 9.79 Å². The summed E-state index contributed by atoms with van der Waals surface area (Å²) >= 11 is 0. The van der Waals surface area contributed by atoms with Gasteiger partial charge in [0, 0.05) is 75.2 Å². The van der Waals surface area contributed by atoms with Crippen LogP contribution in [0.25, 0.3) is 12.2 Å². The van der Waals surface area contributed by atoms with Gasteiger partial charge in [0.05, 0.1) is 11.1 Å². The summed E-state index contributed by atoms with van der Waals surface area (Å²) in [7, 11) is 3.10. The van der Waals surface area contributed by atoms with Crippen LogP contribution in [0.4, 0.5) is 0 Å². The second-order valence-corrected chi connectivity index (χ2v) is 14.2. The van der Waals surface area contributed by atoms with Crippen molar-refractivity contribution in [3.63, 3.8) is 0 Å². The summed E-state index contributed by atoms with van der Waals surface area (Å²) < 4.78 is 0. The van der Waals surface area contributed by atoms with Gasteiger partial charge in [-0.05, 0) is 35.4 Å². The third kappa shape index (κ3) is 9.29. The van der Waals surface area contributed by atoms with Gasteiger partial charge < -0.3 is 9.80 Å². The molecule has 246 valence electrons. The van der Waals surface area contributed by atoms with Crippen LogP contribution < -0.4 is 0 Å². The molecule has 48 heavy (non-hydrogen) atoms. The predicted molar refractivity (Wildman–Crippen MR) is 200 cm³/mol. The first-order valence-corrected chi connectivity index (χ1v) is 18.8. The molecule has 6 rings (SSSR count). The molecule has 0 aliphatic carbocycles. The maximum atomic E-state index is 13.7. The summed E-state index contributed by atoms with van der Waals surface area (Å²) in [5.74, 6) is 0.137. The number of amides is 2. The molecule has 0 N–H and O–H groups in total. The van der Waals surface area contributed by atoms with Crippen molar-refractivity contribution in [2.24, 2.45) is 0 Å². The van der Waals surface area contributed by atoms with Gasteiger partial charge in [-0.2, -0.15) is 0 Å². The van der Waals surface area contributed by atoms with Crippen LogP contribution in [0.5, 0.6) is 0 Å². The molecule has 8 heteroatoms. The van der Waals surface area contributed by atoms with Crippen LogP contribution in [0, 0.1) is 0 Å². The van der Waals surface area contributed by atoms with Gasteiger partial charge in [-0.25, -0.2) is 0 Å². The van der Waals surface area contributed by atoms with E-state index in [0.717, 1.165) is 49.1 Å². The molecule has 2 amide bonds. The smallest absolute Gasteiger partial charge is 0.255 e. The third-order valence-corrected chi connectivity index (χ3v) is 11.2. The van der Waals surface area contributed by atoms with Gasteiger partial charge in [0.2, 0.25) is 0 Å². The van der Waals surface area contributed by atoms with E-state index in [1.165, 1.54) is 11.1 Å². The Hall–Kier alpha value is -4.08. The number of benzene rings is 4. The van der Waals surface area contributed by atoms with Crippen LogP contribution in [-0.2, 0) is 0 Å². The van der Waals surface area contributed by atoms with E-state index in [1.54, 1.807) is 21.6 Å². The molecule has 0 saturated carbocycles. The number of rotatable bonds is 11. The average molecular weight is 675 g/mol. The number of nitrogens with zero attached hydrogens (tertiary/aromatic N) is 4. The van der Waals surface area contributed by atoms with Gasteiger partial charge in [0.25, 0.3) is 11.8 Å². The molecule has 4 aromatic rings. The lowest BCUT2D eigenvalue weighted by molar-refractivity contribution is 0.0640. The average Bonchev–Trinajstić information content (AvgIpc) is 3.15. The van der Waals surface area contributed by atoms with E-state index in [9.17, 15) is 9.59 Å². The van der Waals surface area contributed by atoms with Crippen molar-refractivity contribution >= 4 is 45.6 Å². The monoisotopic (exact) mass is 674 g/mol. The second kappa shape index (κ2) is 17.4. The minimum atomic E-state index is 0.0685. The minimum Gasteiger partial charge on any atom is -0.336 e. The lowest BCUT2D eigenvalue weighted by Gasteiger charge is -2.34. The lowest BCUT2D eigenvalue weighted by atomic mass is 10.1. The maximum Gasteiger partial charge on any atom is 0.255 e. The van der Waals surface area contributed by atoms with E-state index in [4.69, 9.17) is 0 Å². The van der Waals surface area contributed by atoms with Crippen LogP contribution in [0.1, 0.15) is 31.8 Å². The molecule has 0 radical (unpaired) electrons. The van der Waals surface area contributed by atoms with Gasteiger partial charge in [-0.15, -0.1) is 0 Å². The van der Waals surface area contributed by atoms with Crippen molar-refractivity contribution in [3.8, 4) is 0 Å². The SMILES string of the molecule is O=C(c1ccccc1SSc1ccccc1C(=O)N1CCN(C/C=C/c2ccccc2)CC1)N1CCN(C/C=C/c2ccccc2)CC1. The molecule has 0 spiro atoms. The molecule has 0 atom stereocenters. The van der Waals surface area contributed by atoms with Crippen LogP contribution >= 0.6 is 21.6 Å². The first-order chi connectivity index (χ1) is 23.6. The Bertz CT molecular complexity index is 1570. The van der Waals surface area contributed by atoms with E-state index in [2.05, 4.69) is 58.4 Å². The zero-order valence-corrected chi connectivity index (χ0v) is 28.8. The Morgan fingerprint density at radius 1 is 0.479 bits per heavy atom. The normalized spacial score (nSPS) is 16.2. The molecular weight excluding hydrogens is 633 g/mol. The highest BCUT2D eigenvalue weighted by Crippen LogP contribution is 2.41. The van der Waals surface area contributed by atoms with E-state index >= 15 is 0 Å². The number of hydrogen-bond acceptors (Lipinski definition) is 6. The number of carbonyl (C=O) groups excluding carboxylic acids is 2. The van der Waals surface area contributed by atoms with Gasteiger partial charge in [-0.1, -0.05) is 131 Å². The van der Waals surface area contributed by atoms with E-state index in [1.807, 2.05) is 94.7 Å². The number of piperazine rings is 2. The fourth-order valence-corrected chi connectivity index (χ4v) is 8.28. The molecule has 2 saturated heterocycles. The van der Waals surface area contributed by atoms with E-state index in [0.29, 0.717) is 37.3 Å². The summed E-state index contributed by atoms with van der Waals surface area (Å²) in [6, 6.07) is 36.3. The summed E-state index contributed by atoms with van der Waals surface area (Å²) in [6.07, 6.45) is 8.71. The largest absolute Gasteiger partial charge is 0.336 e. The summed E-state index contributed by atoms with van der Waals surface area (Å²) in [5.41, 5.74) is 3.83. The molecule has 2 aliphatic rings. The van der Waals surface area contributed by atoms with Crippen LogP contribution in [0.15, 0.2) is 131 Å². The fourth-order valence-electron chi connectivity index (χ4n) is 5.93. The molecule has 2 aliphatic heterocycles. The molecule has 0 unspecified atom stereocenters.